The summed E-state index contributed by atoms with van der Waals surface area (Å²) < 4.78 is 46.2. The Labute approximate surface area is 150 Å². The fourth-order valence-electron chi connectivity index (χ4n) is 2.27. The topological polar surface area (TPSA) is 94.4 Å². The third kappa shape index (κ3) is 5.04. The van der Waals surface area contributed by atoms with Gasteiger partial charge in [0.2, 0.25) is 0 Å². The first-order chi connectivity index (χ1) is 12.0. The fourth-order valence-corrected chi connectivity index (χ4v) is 3.03. The first kappa shape index (κ1) is 20.8. The summed E-state index contributed by atoms with van der Waals surface area (Å²) in [6.07, 6.45) is -4.46. The van der Waals surface area contributed by atoms with Gasteiger partial charge in [-0.05, 0) is 13.0 Å². The molecule has 1 aromatic heterocycles. The Morgan fingerprint density at radius 3 is 2.54 bits per heavy atom. The number of nitrogens with one attached hydrogen (secondary N) is 1. The van der Waals surface area contributed by atoms with Crippen molar-refractivity contribution in [2.45, 2.75) is 57.8 Å². The van der Waals surface area contributed by atoms with Crippen LogP contribution in [0.5, 0.6) is 0 Å². The van der Waals surface area contributed by atoms with Gasteiger partial charge >= 0.3 is 6.18 Å². The van der Waals surface area contributed by atoms with Crippen LogP contribution in [0.15, 0.2) is 11.0 Å². The smallest absolute Gasteiger partial charge is 0.359 e. The number of ether oxygens (including phenoxy) is 1. The zero-order valence-corrected chi connectivity index (χ0v) is 16.1. The fraction of sp³-hybridized carbons (Fsp3) is 0.714. The maximum absolute atomic E-state index is 13.4. The third-order valence-electron chi connectivity index (χ3n) is 3.96. The van der Waals surface area contributed by atoms with Gasteiger partial charge in [0.15, 0.2) is 6.23 Å². The van der Waals surface area contributed by atoms with Crippen LogP contribution in [0, 0.1) is 0 Å². The molecule has 0 amide bonds. The summed E-state index contributed by atoms with van der Waals surface area (Å²) in [5.74, 6) is 5.05. The Bertz CT molecular complexity index is 692. The molecule has 0 spiro atoms. The van der Waals surface area contributed by atoms with E-state index in [1.165, 1.54) is 5.01 Å². The predicted octanol–water partition coefficient (Wildman–Crippen LogP) is 1.82. The molecule has 0 aromatic carbocycles. The minimum atomic E-state index is -4.85. The lowest BCUT2D eigenvalue weighted by atomic mass is 10.2. The molecule has 3 N–H and O–H groups in total. The van der Waals surface area contributed by atoms with Gasteiger partial charge in [0.1, 0.15) is 12.3 Å². The highest BCUT2D eigenvalue weighted by molar-refractivity contribution is 6.76. The van der Waals surface area contributed by atoms with Crippen LogP contribution in [0.1, 0.15) is 12.5 Å². The molecule has 0 bridgehead atoms. The van der Waals surface area contributed by atoms with Crippen molar-refractivity contribution in [2.24, 2.45) is 5.90 Å². The molecule has 8 nitrogen and oxygen atoms in total. The summed E-state index contributed by atoms with van der Waals surface area (Å²) in [7, 11) is -1.34. The molecule has 12 heteroatoms. The van der Waals surface area contributed by atoms with Crippen molar-refractivity contribution in [3.05, 3.63) is 22.1 Å². The molecule has 0 saturated carbocycles. The van der Waals surface area contributed by atoms with Crippen LogP contribution in [0.25, 0.3) is 0 Å². The standard InChI is InChI=1S/C14H24F3N5O3Si/c1-9-13(25-18)22(9)20-10-7-19-21(8-24-5-6-26(2,3)4)12(23)11(10)14(15,16)17/h7,9,13,20H,5-6,8,18H2,1-4H3/t9-,13-,22?/m0/s1. The number of nitrogens with zero attached hydrogens (tertiary/aromatic N) is 3. The quantitative estimate of drug-likeness (QED) is 0.300. The van der Waals surface area contributed by atoms with Gasteiger partial charge in [-0.1, -0.05) is 19.6 Å². The van der Waals surface area contributed by atoms with Gasteiger partial charge in [-0.3, -0.25) is 9.63 Å². The van der Waals surface area contributed by atoms with Crippen LogP contribution in [-0.2, 0) is 22.5 Å². The van der Waals surface area contributed by atoms with Gasteiger partial charge in [0.05, 0.1) is 17.9 Å². The Morgan fingerprint density at radius 1 is 1.38 bits per heavy atom. The van der Waals surface area contributed by atoms with E-state index in [0.717, 1.165) is 12.2 Å². The highest BCUT2D eigenvalue weighted by Gasteiger charge is 2.48. The number of rotatable bonds is 8. The molecule has 0 radical (unpaired) electrons. The molecule has 26 heavy (non-hydrogen) atoms. The van der Waals surface area contributed by atoms with Gasteiger partial charge in [0.25, 0.3) is 5.56 Å². The maximum Gasteiger partial charge on any atom is 0.423 e. The molecule has 2 heterocycles. The molecule has 1 unspecified atom stereocenters. The lowest BCUT2D eigenvalue weighted by Crippen LogP contribution is -2.34. The maximum atomic E-state index is 13.4. The van der Waals surface area contributed by atoms with E-state index in [0.29, 0.717) is 11.3 Å². The highest BCUT2D eigenvalue weighted by Crippen LogP contribution is 2.35. The molecule has 3 atom stereocenters. The minimum Gasteiger partial charge on any atom is -0.359 e. The van der Waals surface area contributed by atoms with Crippen molar-refractivity contribution >= 4 is 13.8 Å². The SMILES string of the molecule is C[C@H]1[C@H](ON)N1Nc1cnn(COCC[Si](C)(C)C)c(=O)c1C(F)(F)F. The lowest BCUT2D eigenvalue weighted by Gasteiger charge is -2.17. The summed E-state index contributed by atoms with van der Waals surface area (Å²) in [4.78, 5) is 16.8. The van der Waals surface area contributed by atoms with Gasteiger partial charge < -0.3 is 10.2 Å². The predicted molar refractivity (Wildman–Crippen MR) is 91.6 cm³/mol. The first-order valence-electron chi connectivity index (χ1n) is 8.11. The highest BCUT2D eigenvalue weighted by atomic mass is 28.3. The number of nitrogens with two attached hydrogens (primary N) is 1. The molecule has 1 aliphatic heterocycles. The van der Waals surface area contributed by atoms with Crippen molar-refractivity contribution in [1.29, 1.82) is 0 Å². The molecule has 1 saturated heterocycles. The second-order valence-corrected chi connectivity index (χ2v) is 13.0. The molecular weight excluding hydrogens is 371 g/mol. The number of hydrogen-bond acceptors (Lipinski definition) is 7. The second-order valence-electron chi connectivity index (χ2n) is 7.37. The monoisotopic (exact) mass is 395 g/mol. The van der Waals surface area contributed by atoms with Crippen molar-refractivity contribution in [1.82, 2.24) is 14.8 Å². The number of hydrogen-bond donors (Lipinski definition) is 2. The van der Waals surface area contributed by atoms with Crippen LogP contribution in [0.3, 0.4) is 0 Å². The van der Waals surface area contributed by atoms with E-state index in [1.807, 2.05) is 0 Å². The molecule has 1 fully saturated rings. The van der Waals surface area contributed by atoms with Crippen molar-refractivity contribution in [3.8, 4) is 0 Å². The van der Waals surface area contributed by atoms with Crippen LogP contribution in [0.2, 0.25) is 25.7 Å². The molecular formula is C14H24F3N5O3Si. The van der Waals surface area contributed by atoms with E-state index in [4.69, 9.17) is 10.6 Å². The third-order valence-corrected chi connectivity index (χ3v) is 5.67. The summed E-state index contributed by atoms with van der Waals surface area (Å²) in [6.45, 7) is 8.19. The van der Waals surface area contributed by atoms with Crippen molar-refractivity contribution in [3.63, 3.8) is 0 Å². The van der Waals surface area contributed by atoms with Crippen LogP contribution in [0.4, 0.5) is 18.9 Å². The Balaban J connectivity index is 2.16. The van der Waals surface area contributed by atoms with E-state index >= 15 is 0 Å². The molecule has 2 rings (SSSR count). The van der Waals surface area contributed by atoms with Crippen LogP contribution in [-0.4, -0.2) is 41.7 Å². The number of halogens is 3. The van der Waals surface area contributed by atoms with Crippen LogP contribution < -0.4 is 16.9 Å². The zero-order chi connectivity index (χ0) is 19.7. The molecule has 1 aromatic rings. The van der Waals surface area contributed by atoms with E-state index in [9.17, 15) is 18.0 Å². The molecule has 0 aliphatic carbocycles. The zero-order valence-electron chi connectivity index (χ0n) is 15.1. The van der Waals surface area contributed by atoms with Crippen molar-refractivity contribution in [2.75, 3.05) is 12.0 Å². The summed E-state index contributed by atoms with van der Waals surface area (Å²) in [5.41, 5.74) is -0.563. The largest absolute Gasteiger partial charge is 0.423 e. The Hall–Kier alpha value is -1.47. The molecule has 1 aliphatic rings. The number of aromatic nitrogens is 2. The van der Waals surface area contributed by atoms with Crippen LogP contribution >= 0.6 is 0 Å². The average Bonchev–Trinajstić information content (AvgIpc) is 3.11. The molecule has 148 valence electrons. The number of anilines is 1. The van der Waals surface area contributed by atoms with E-state index < -0.39 is 37.3 Å². The Morgan fingerprint density at radius 2 is 2.04 bits per heavy atom. The Kier molecular flexibility index (Phi) is 6.12. The van der Waals surface area contributed by atoms with Crippen molar-refractivity contribution < 1.29 is 22.7 Å². The van der Waals surface area contributed by atoms with Gasteiger partial charge in [0, 0.05) is 14.7 Å². The summed E-state index contributed by atoms with van der Waals surface area (Å²) in [5, 5.41) is 5.12. The number of alkyl halides is 3. The van der Waals surface area contributed by atoms with Gasteiger partial charge in [-0.15, -0.1) is 0 Å². The first-order valence-corrected chi connectivity index (χ1v) is 11.8. The second kappa shape index (κ2) is 7.64. The summed E-state index contributed by atoms with van der Waals surface area (Å²) in [6, 6.07) is 0.606. The van der Waals surface area contributed by atoms with E-state index in [2.05, 4.69) is 35.0 Å². The van der Waals surface area contributed by atoms with Gasteiger partial charge in [-0.2, -0.15) is 23.3 Å². The van der Waals surface area contributed by atoms with E-state index in [-0.39, 0.29) is 12.8 Å². The average molecular weight is 395 g/mol. The van der Waals surface area contributed by atoms with E-state index in [1.54, 1.807) is 6.92 Å². The minimum absolute atomic E-state index is 0.228. The normalized spacial score (nSPS) is 23.2. The summed E-state index contributed by atoms with van der Waals surface area (Å²) >= 11 is 0. The van der Waals surface area contributed by atoms with Gasteiger partial charge in [-0.25, -0.2) is 10.6 Å². The number of hydrazine groups is 1. The lowest BCUT2D eigenvalue weighted by molar-refractivity contribution is -0.138.